The van der Waals surface area contributed by atoms with Crippen LogP contribution in [0.25, 0.3) is 0 Å². The Kier molecular flexibility index (Phi) is 6.58. The van der Waals surface area contributed by atoms with Crippen LogP contribution < -0.4 is 5.32 Å². The zero-order valence-corrected chi connectivity index (χ0v) is 10.9. The Labute approximate surface area is 104 Å². The van der Waals surface area contributed by atoms with Gasteiger partial charge in [-0.1, -0.05) is 6.08 Å². The lowest BCUT2D eigenvalue weighted by atomic mass is 10.3. The summed E-state index contributed by atoms with van der Waals surface area (Å²) in [7, 11) is 0. The van der Waals surface area contributed by atoms with Crippen LogP contribution in [-0.4, -0.2) is 29.5 Å². The minimum Gasteiger partial charge on any atom is -0.380 e. The molecule has 96 valence electrons. The summed E-state index contributed by atoms with van der Waals surface area (Å²) in [5.74, 6) is 0. The molecule has 0 spiro atoms. The van der Waals surface area contributed by atoms with Crippen LogP contribution in [0, 0.1) is 0 Å². The summed E-state index contributed by atoms with van der Waals surface area (Å²) in [5, 5.41) is 7.62. The molecule has 1 N–H and O–H groups in total. The number of aromatic nitrogens is 2. The van der Waals surface area contributed by atoms with Gasteiger partial charge in [0.05, 0.1) is 19.4 Å². The molecule has 0 unspecified atom stereocenters. The summed E-state index contributed by atoms with van der Waals surface area (Å²) in [6.07, 6.45) is 6.77. The fourth-order valence-electron chi connectivity index (χ4n) is 1.40. The van der Waals surface area contributed by atoms with Crippen molar-refractivity contribution in [2.45, 2.75) is 32.9 Å². The van der Waals surface area contributed by atoms with Crippen LogP contribution in [0.3, 0.4) is 0 Å². The summed E-state index contributed by atoms with van der Waals surface area (Å²) in [4.78, 5) is 0. The van der Waals surface area contributed by atoms with Gasteiger partial charge >= 0.3 is 0 Å². The molecule has 0 saturated heterocycles. The normalized spacial score (nSPS) is 11.0. The predicted molar refractivity (Wildman–Crippen MR) is 70.0 cm³/mol. The van der Waals surface area contributed by atoms with E-state index >= 15 is 0 Å². The van der Waals surface area contributed by atoms with E-state index in [9.17, 15) is 0 Å². The van der Waals surface area contributed by atoms with Crippen molar-refractivity contribution in [2.75, 3.05) is 19.8 Å². The number of rotatable bonds is 9. The van der Waals surface area contributed by atoms with Crippen LogP contribution in [-0.2, 0) is 11.3 Å². The molecule has 0 amide bonds. The molecule has 4 heteroatoms. The first-order chi connectivity index (χ1) is 8.24. The third-order valence-corrected chi connectivity index (χ3v) is 2.40. The predicted octanol–water partition coefficient (Wildman–Crippen LogP) is 2.15. The van der Waals surface area contributed by atoms with E-state index in [4.69, 9.17) is 4.74 Å². The van der Waals surface area contributed by atoms with Crippen molar-refractivity contribution in [3.63, 3.8) is 0 Å². The van der Waals surface area contributed by atoms with Gasteiger partial charge in [0.15, 0.2) is 0 Å². The molecule has 0 saturated carbocycles. The SMILES string of the molecule is C=CCCOCCNCc1cnn(C(C)C)c1. The van der Waals surface area contributed by atoms with Gasteiger partial charge in [-0.25, -0.2) is 0 Å². The van der Waals surface area contributed by atoms with E-state index in [2.05, 4.69) is 37.0 Å². The van der Waals surface area contributed by atoms with Gasteiger partial charge in [0, 0.05) is 30.9 Å². The molecule has 0 aromatic carbocycles. The van der Waals surface area contributed by atoms with E-state index in [1.165, 1.54) is 5.56 Å². The molecule has 0 fully saturated rings. The minimum absolute atomic E-state index is 0.422. The van der Waals surface area contributed by atoms with E-state index < -0.39 is 0 Å². The first kappa shape index (κ1) is 13.9. The molecule has 0 atom stereocenters. The van der Waals surface area contributed by atoms with Crippen LogP contribution in [0.2, 0.25) is 0 Å². The second-order valence-electron chi connectivity index (χ2n) is 4.29. The van der Waals surface area contributed by atoms with Gasteiger partial charge in [0.25, 0.3) is 0 Å². The Hall–Kier alpha value is -1.13. The smallest absolute Gasteiger partial charge is 0.0591 e. The maximum Gasteiger partial charge on any atom is 0.0591 e. The molecule has 1 heterocycles. The topological polar surface area (TPSA) is 39.1 Å². The number of ether oxygens (including phenoxy) is 1. The first-order valence-electron chi connectivity index (χ1n) is 6.16. The molecular formula is C13H23N3O. The Morgan fingerprint density at radius 3 is 3.00 bits per heavy atom. The maximum atomic E-state index is 5.40. The monoisotopic (exact) mass is 237 g/mol. The molecule has 17 heavy (non-hydrogen) atoms. The van der Waals surface area contributed by atoms with Gasteiger partial charge < -0.3 is 10.1 Å². The number of hydrogen-bond donors (Lipinski definition) is 1. The van der Waals surface area contributed by atoms with Crippen molar-refractivity contribution < 1.29 is 4.74 Å². The molecule has 0 aliphatic heterocycles. The summed E-state index contributed by atoms with van der Waals surface area (Å²) in [5.41, 5.74) is 1.21. The fraction of sp³-hybridized carbons (Fsp3) is 0.615. The van der Waals surface area contributed by atoms with Crippen molar-refractivity contribution in [3.05, 3.63) is 30.6 Å². The van der Waals surface area contributed by atoms with Gasteiger partial charge in [0.1, 0.15) is 0 Å². The van der Waals surface area contributed by atoms with Crippen LogP contribution >= 0.6 is 0 Å². The van der Waals surface area contributed by atoms with E-state index in [0.717, 1.165) is 32.7 Å². The fourth-order valence-corrected chi connectivity index (χ4v) is 1.40. The molecule has 0 radical (unpaired) electrons. The Morgan fingerprint density at radius 1 is 1.53 bits per heavy atom. The highest BCUT2D eigenvalue weighted by atomic mass is 16.5. The van der Waals surface area contributed by atoms with Crippen LogP contribution in [0.15, 0.2) is 25.0 Å². The number of hydrogen-bond acceptors (Lipinski definition) is 3. The molecular weight excluding hydrogens is 214 g/mol. The molecule has 1 aromatic heterocycles. The highest BCUT2D eigenvalue weighted by Gasteiger charge is 2.00. The van der Waals surface area contributed by atoms with Crippen molar-refractivity contribution >= 4 is 0 Å². The zero-order valence-electron chi connectivity index (χ0n) is 10.9. The van der Waals surface area contributed by atoms with Gasteiger partial charge in [0.2, 0.25) is 0 Å². The van der Waals surface area contributed by atoms with Crippen molar-refractivity contribution in [3.8, 4) is 0 Å². The Balaban J connectivity index is 2.07. The maximum absolute atomic E-state index is 5.40. The average Bonchev–Trinajstić information content (AvgIpc) is 2.77. The van der Waals surface area contributed by atoms with Crippen LogP contribution in [0.1, 0.15) is 31.9 Å². The van der Waals surface area contributed by atoms with Crippen molar-refractivity contribution in [1.82, 2.24) is 15.1 Å². The second-order valence-corrected chi connectivity index (χ2v) is 4.29. The average molecular weight is 237 g/mol. The third-order valence-electron chi connectivity index (χ3n) is 2.40. The van der Waals surface area contributed by atoms with Gasteiger partial charge in [-0.3, -0.25) is 4.68 Å². The summed E-state index contributed by atoms with van der Waals surface area (Å²) >= 11 is 0. The van der Waals surface area contributed by atoms with Crippen LogP contribution in [0.4, 0.5) is 0 Å². The minimum atomic E-state index is 0.422. The zero-order chi connectivity index (χ0) is 12.5. The van der Waals surface area contributed by atoms with E-state index in [0.29, 0.717) is 6.04 Å². The highest BCUT2D eigenvalue weighted by Crippen LogP contribution is 2.04. The Morgan fingerprint density at radius 2 is 2.35 bits per heavy atom. The largest absolute Gasteiger partial charge is 0.380 e. The molecule has 0 bridgehead atoms. The lowest BCUT2D eigenvalue weighted by molar-refractivity contribution is 0.140. The lowest BCUT2D eigenvalue weighted by Crippen LogP contribution is -2.19. The standard InChI is InChI=1S/C13H23N3O/c1-4-5-7-17-8-6-14-9-13-10-15-16(11-13)12(2)3/h4,10-12,14H,1,5-9H2,2-3H3. The molecule has 1 rings (SSSR count). The quantitative estimate of drug-likeness (QED) is 0.528. The summed E-state index contributed by atoms with van der Waals surface area (Å²) in [6, 6.07) is 0.422. The van der Waals surface area contributed by atoms with Crippen LogP contribution in [0.5, 0.6) is 0 Å². The lowest BCUT2D eigenvalue weighted by Gasteiger charge is -2.05. The van der Waals surface area contributed by atoms with Crippen molar-refractivity contribution in [2.24, 2.45) is 0 Å². The molecule has 0 aliphatic carbocycles. The van der Waals surface area contributed by atoms with E-state index in [1.54, 1.807) is 0 Å². The molecule has 1 aromatic rings. The third kappa shape index (κ3) is 5.65. The van der Waals surface area contributed by atoms with Crippen molar-refractivity contribution in [1.29, 1.82) is 0 Å². The second kappa shape index (κ2) is 8.03. The van der Waals surface area contributed by atoms with Gasteiger partial charge in [-0.15, -0.1) is 6.58 Å². The summed E-state index contributed by atoms with van der Waals surface area (Å²) in [6.45, 7) is 11.1. The number of nitrogens with zero attached hydrogens (tertiary/aromatic N) is 2. The van der Waals surface area contributed by atoms with Gasteiger partial charge in [-0.05, 0) is 20.3 Å². The van der Waals surface area contributed by atoms with E-state index in [-0.39, 0.29) is 0 Å². The summed E-state index contributed by atoms with van der Waals surface area (Å²) < 4.78 is 7.37. The van der Waals surface area contributed by atoms with E-state index in [1.807, 2.05) is 17.0 Å². The van der Waals surface area contributed by atoms with Gasteiger partial charge in [-0.2, -0.15) is 5.10 Å². The first-order valence-corrected chi connectivity index (χ1v) is 6.16. The molecule has 4 nitrogen and oxygen atoms in total. The highest BCUT2D eigenvalue weighted by molar-refractivity contribution is 5.03. The molecule has 0 aliphatic rings. The Bertz CT molecular complexity index is 320. The number of nitrogens with one attached hydrogen (secondary N) is 1.